The molecule has 14 heavy (non-hydrogen) atoms. The highest BCUT2D eigenvalue weighted by atomic mass is 16.2. The lowest BCUT2D eigenvalue weighted by Crippen LogP contribution is -2.55. The van der Waals surface area contributed by atoms with Crippen molar-refractivity contribution in [2.45, 2.75) is 13.8 Å². The third-order valence-corrected chi connectivity index (χ3v) is 2.52. The van der Waals surface area contributed by atoms with E-state index in [0.29, 0.717) is 0 Å². The van der Waals surface area contributed by atoms with Gasteiger partial charge in [0, 0.05) is 5.41 Å². The molecule has 1 aliphatic heterocycles. The minimum Gasteiger partial charge on any atom is -0.294 e. The standard InChI is InChI=1S/C9H9N3O2/c1-9(2)5(3-10)7(13)12-8(14)6(9)4-11/h5-6H,1-2H3,(H,12,13,14)/t5-,6-/m1/s1. The fourth-order valence-electron chi connectivity index (χ4n) is 1.56. The molecular weight excluding hydrogens is 182 g/mol. The van der Waals surface area contributed by atoms with Gasteiger partial charge in [-0.2, -0.15) is 10.5 Å². The van der Waals surface area contributed by atoms with Gasteiger partial charge in [-0.15, -0.1) is 0 Å². The largest absolute Gasteiger partial charge is 0.294 e. The minimum atomic E-state index is -0.954. The summed E-state index contributed by atoms with van der Waals surface area (Å²) >= 11 is 0. The molecular formula is C9H9N3O2. The van der Waals surface area contributed by atoms with Gasteiger partial charge in [0.15, 0.2) is 0 Å². The average molecular weight is 191 g/mol. The molecule has 0 radical (unpaired) electrons. The highest BCUT2D eigenvalue weighted by molar-refractivity contribution is 6.02. The molecule has 0 bridgehead atoms. The van der Waals surface area contributed by atoms with E-state index < -0.39 is 29.1 Å². The van der Waals surface area contributed by atoms with Crippen molar-refractivity contribution in [3.63, 3.8) is 0 Å². The smallest absolute Gasteiger partial charge is 0.244 e. The average Bonchev–Trinajstić information content (AvgIpc) is 2.02. The van der Waals surface area contributed by atoms with Crippen LogP contribution < -0.4 is 5.32 Å². The molecule has 0 aromatic rings. The van der Waals surface area contributed by atoms with E-state index in [4.69, 9.17) is 10.5 Å². The molecule has 1 aliphatic rings. The second-order valence-electron chi connectivity index (χ2n) is 3.80. The van der Waals surface area contributed by atoms with Crippen LogP contribution >= 0.6 is 0 Å². The maximum absolute atomic E-state index is 11.2. The Bertz CT molecular complexity index is 338. The molecule has 72 valence electrons. The maximum Gasteiger partial charge on any atom is 0.244 e. The molecule has 5 heteroatoms. The van der Waals surface area contributed by atoms with Gasteiger partial charge in [-0.05, 0) is 0 Å². The molecule has 1 rings (SSSR count). The lowest BCUT2D eigenvalue weighted by atomic mass is 9.67. The Morgan fingerprint density at radius 2 is 1.50 bits per heavy atom. The summed E-state index contributed by atoms with van der Waals surface area (Å²) in [6.07, 6.45) is 0. The highest BCUT2D eigenvalue weighted by Gasteiger charge is 2.50. The van der Waals surface area contributed by atoms with Gasteiger partial charge in [-0.1, -0.05) is 13.8 Å². The second kappa shape index (κ2) is 3.12. The summed E-state index contributed by atoms with van der Waals surface area (Å²) in [4.78, 5) is 22.5. The van der Waals surface area contributed by atoms with Crippen LogP contribution in [0.2, 0.25) is 0 Å². The summed E-state index contributed by atoms with van der Waals surface area (Å²) in [6, 6.07) is 3.63. The lowest BCUT2D eigenvalue weighted by molar-refractivity contribution is -0.143. The van der Waals surface area contributed by atoms with Crippen LogP contribution in [0.15, 0.2) is 0 Å². The van der Waals surface area contributed by atoms with Gasteiger partial charge in [0.25, 0.3) is 0 Å². The Balaban J connectivity index is 3.17. The molecule has 0 spiro atoms. The first-order chi connectivity index (χ1) is 6.45. The van der Waals surface area contributed by atoms with E-state index in [1.165, 1.54) is 0 Å². The highest BCUT2D eigenvalue weighted by Crippen LogP contribution is 2.37. The van der Waals surface area contributed by atoms with E-state index in [9.17, 15) is 9.59 Å². The molecule has 0 saturated carbocycles. The van der Waals surface area contributed by atoms with Crippen LogP contribution in [0.25, 0.3) is 0 Å². The molecule has 1 fully saturated rings. The predicted octanol–water partition coefficient (Wildman–Crippen LogP) is -0.0514. The van der Waals surface area contributed by atoms with Gasteiger partial charge in [-0.25, -0.2) is 0 Å². The van der Waals surface area contributed by atoms with E-state index in [0.717, 1.165) is 0 Å². The van der Waals surface area contributed by atoms with Gasteiger partial charge >= 0.3 is 0 Å². The fourth-order valence-corrected chi connectivity index (χ4v) is 1.56. The van der Waals surface area contributed by atoms with Crippen LogP contribution in [-0.4, -0.2) is 11.8 Å². The van der Waals surface area contributed by atoms with Crippen molar-refractivity contribution in [3.05, 3.63) is 0 Å². The van der Waals surface area contributed by atoms with E-state index >= 15 is 0 Å². The molecule has 2 atom stereocenters. The van der Waals surface area contributed by atoms with Gasteiger partial charge in [0.05, 0.1) is 12.1 Å². The summed E-state index contributed by atoms with van der Waals surface area (Å²) in [6.45, 7) is 3.15. The van der Waals surface area contributed by atoms with Crippen LogP contribution in [0.5, 0.6) is 0 Å². The number of carbonyl (C=O) groups is 2. The number of hydrogen-bond donors (Lipinski definition) is 1. The van der Waals surface area contributed by atoms with E-state index in [1.54, 1.807) is 13.8 Å². The van der Waals surface area contributed by atoms with Crippen LogP contribution in [0, 0.1) is 39.9 Å². The Morgan fingerprint density at radius 1 is 1.14 bits per heavy atom. The first-order valence-electron chi connectivity index (χ1n) is 4.09. The van der Waals surface area contributed by atoms with Gasteiger partial charge in [-0.3, -0.25) is 14.9 Å². The maximum atomic E-state index is 11.2. The summed E-state index contributed by atoms with van der Waals surface area (Å²) in [5.41, 5.74) is -0.928. The SMILES string of the molecule is CC1(C)[C@H](C#N)C(=O)NC(=O)[C@H]1C#N. The topological polar surface area (TPSA) is 93.8 Å². The zero-order chi connectivity index (χ0) is 10.9. The number of hydrogen-bond acceptors (Lipinski definition) is 4. The Kier molecular flexibility index (Phi) is 2.27. The fraction of sp³-hybridized carbons (Fsp3) is 0.556. The van der Waals surface area contributed by atoms with Crippen molar-refractivity contribution in [3.8, 4) is 12.1 Å². The predicted molar refractivity (Wildman–Crippen MR) is 45.1 cm³/mol. The zero-order valence-corrected chi connectivity index (χ0v) is 7.87. The number of amides is 2. The summed E-state index contributed by atoms with van der Waals surface area (Å²) < 4.78 is 0. The van der Waals surface area contributed by atoms with Crippen molar-refractivity contribution in [2.24, 2.45) is 17.3 Å². The van der Waals surface area contributed by atoms with Crippen LogP contribution in [-0.2, 0) is 9.59 Å². The summed E-state index contributed by atoms with van der Waals surface area (Å²) in [5, 5.41) is 19.5. The van der Waals surface area contributed by atoms with Gasteiger partial charge < -0.3 is 0 Å². The van der Waals surface area contributed by atoms with Crippen LogP contribution in [0.3, 0.4) is 0 Å². The first-order valence-corrected chi connectivity index (χ1v) is 4.09. The van der Waals surface area contributed by atoms with Crippen LogP contribution in [0.4, 0.5) is 0 Å². The molecule has 0 aromatic carbocycles. The van der Waals surface area contributed by atoms with E-state index in [2.05, 4.69) is 0 Å². The monoisotopic (exact) mass is 191 g/mol. The lowest BCUT2D eigenvalue weighted by Gasteiger charge is -2.36. The third kappa shape index (κ3) is 1.23. The zero-order valence-electron chi connectivity index (χ0n) is 7.87. The molecule has 2 amide bonds. The Labute approximate surface area is 81.3 Å². The normalized spacial score (nSPS) is 30.0. The Morgan fingerprint density at radius 3 is 1.79 bits per heavy atom. The number of imide groups is 1. The number of nitriles is 2. The summed E-state index contributed by atoms with van der Waals surface area (Å²) in [5.74, 6) is -3.14. The second-order valence-corrected chi connectivity index (χ2v) is 3.80. The van der Waals surface area contributed by atoms with E-state index in [1.807, 2.05) is 17.5 Å². The van der Waals surface area contributed by atoms with Crippen LogP contribution in [0.1, 0.15) is 13.8 Å². The molecule has 0 unspecified atom stereocenters. The van der Waals surface area contributed by atoms with Crippen molar-refractivity contribution in [1.29, 1.82) is 10.5 Å². The molecule has 5 nitrogen and oxygen atoms in total. The van der Waals surface area contributed by atoms with Gasteiger partial charge in [0.1, 0.15) is 11.8 Å². The number of carbonyl (C=O) groups excluding carboxylic acids is 2. The third-order valence-electron chi connectivity index (χ3n) is 2.52. The molecule has 0 aromatic heterocycles. The van der Waals surface area contributed by atoms with E-state index in [-0.39, 0.29) is 0 Å². The summed E-state index contributed by atoms with van der Waals surface area (Å²) in [7, 11) is 0. The van der Waals surface area contributed by atoms with Crippen molar-refractivity contribution >= 4 is 11.8 Å². The quantitative estimate of drug-likeness (QED) is 0.543. The number of piperidine rings is 1. The number of rotatable bonds is 0. The van der Waals surface area contributed by atoms with Gasteiger partial charge in [0.2, 0.25) is 11.8 Å². The van der Waals surface area contributed by atoms with Crippen molar-refractivity contribution in [1.82, 2.24) is 5.32 Å². The number of nitrogens with one attached hydrogen (secondary N) is 1. The Hall–Kier alpha value is -1.88. The number of nitrogens with zero attached hydrogens (tertiary/aromatic N) is 2. The molecule has 1 heterocycles. The first kappa shape index (κ1) is 10.2. The molecule has 0 aliphatic carbocycles. The minimum absolute atomic E-state index is 0.617. The van der Waals surface area contributed by atoms with Crippen molar-refractivity contribution in [2.75, 3.05) is 0 Å². The molecule has 1 saturated heterocycles. The van der Waals surface area contributed by atoms with Crippen molar-refractivity contribution < 1.29 is 9.59 Å². The molecule has 1 N–H and O–H groups in total.